The maximum Gasteiger partial charge on any atom is 0.0723 e. The van der Waals surface area contributed by atoms with Crippen LogP contribution in [0.5, 0.6) is 0 Å². The molecule has 0 aromatic rings. The zero-order valence-corrected chi connectivity index (χ0v) is 8.85. The lowest BCUT2D eigenvalue weighted by atomic mass is 9.70. The second-order valence-electron chi connectivity index (χ2n) is 4.97. The molecule has 1 aliphatic rings. The zero-order valence-electron chi connectivity index (χ0n) is 8.85. The van der Waals surface area contributed by atoms with Crippen molar-refractivity contribution in [3.8, 4) is 0 Å². The molecule has 12 heavy (non-hydrogen) atoms. The van der Waals surface area contributed by atoms with Crippen molar-refractivity contribution in [1.82, 2.24) is 0 Å². The van der Waals surface area contributed by atoms with Crippen molar-refractivity contribution < 1.29 is 5.11 Å². The van der Waals surface area contributed by atoms with Crippen molar-refractivity contribution in [3.63, 3.8) is 0 Å². The predicted octanol–water partition coefficient (Wildman–Crippen LogP) is 2.97. The summed E-state index contributed by atoms with van der Waals surface area (Å²) in [6.07, 6.45) is 4.44. The third kappa shape index (κ3) is 1.28. The van der Waals surface area contributed by atoms with Gasteiger partial charge in [-0.25, -0.2) is 0 Å². The molecule has 1 N–H and O–H groups in total. The van der Waals surface area contributed by atoms with Crippen LogP contribution in [0.4, 0.5) is 0 Å². The first-order valence-corrected chi connectivity index (χ1v) is 5.16. The Kier molecular flexibility index (Phi) is 2.53. The SMILES string of the molecule is CCC(C)C1(O)CCCC1(C)C. The van der Waals surface area contributed by atoms with E-state index in [1.54, 1.807) is 0 Å². The first kappa shape index (κ1) is 10.0. The monoisotopic (exact) mass is 170 g/mol. The van der Waals surface area contributed by atoms with E-state index in [9.17, 15) is 5.11 Å². The van der Waals surface area contributed by atoms with E-state index in [1.807, 2.05) is 0 Å². The second kappa shape index (κ2) is 3.02. The van der Waals surface area contributed by atoms with Crippen LogP contribution in [0.1, 0.15) is 53.4 Å². The average molecular weight is 170 g/mol. The van der Waals surface area contributed by atoms with E-state index in [-0.39, 0.29) is 5.41 Å². The molecule has 0 radical (unpaired) electrons. The molecule has 0 saturated heterocycles. The minimum absolute atomic E-state index is 0.127. The number of hydrogen-bond acceptors (Lipinski definition) is 1. The van der Waals surface area contributed by atoms with E-state index < -0.39 is 5.60 Å². The van der Waals surface area contributed by atoms with Crippen molar-refractivity contribution in [3.05, 3.63) is 0 Å². The maximum absolute atomic E-state index is 10.5. The summed E-state index contributed by atoms with van der Waals surface area (Å²) in [6.45, 7) is 8.74. The molecular formula is C11H22O. The summed E-state index contributed by atoms with van der Waals surface area (Å²) >= 11 is 0. The Morgan fingerprint density at radius 3 is 2.25 bits per heavy atom. The molecular weight excluding hydrogens is 148 g/mol. The summed E-state index contributed by atoms with van der Waals surface area (Å²) in [5.41, 5.74) is -0.274. The molecule has 2 unspecified atom stereocenters. The Morgan fingerprint density at radius 2 is 1.92 bits per heavy atom. The molecule has 1 rings (SSSR count). The van der Waals surface area contributed by atoms with Gasteiger partial charge in [-0.3, -0.25) is 0 Å². The molecule has 0 heterocycles. The molecule has 0 aromatic carbocycles. The first-order chi connectivity index (χ1) is 5.44. The van der Waals surface area contributed by atoms with Gasteiger partial charge in [0.25, 0.3) is 0 Å². The summed E-state index contributed by atoms with van der Waals surface area (Å²) < 4.78 is 0. The average Bonchev–Trinajstić information content (AvgIpc) is 2.26. The molecule has 1 nitrogen and oxygen atoms in total. The van der Waals surface area contributed by atoms with Gasteiger partial charge < -0.3 is 5.11 Å². The van der Waals surface area contributed by atoms with E-state index in [4.69, 9.17) is 0 Å². The minimum Gasteiger partial charge on any atom is -0.389 e. The van der Waals surface area contributed by atoms with E-state index in [1.165, 1.54) is 12.8 Å². The molecule has 1 fully saturated rings. The normalized spacial score (nSPS) is 36.8. The van der Waals surface area contributed by atoms with E-state index >= 15 is 0 Å². The van der Waals surface area contributed by atoms with Gasteiger partial charge in [0.1, 0.15) is 0 Å². The van der Waals surface area contributed by atoms with Crippen LogP contribution in [0.15, 0.2) is 0 Å². The second-order valence-corrected chi connectivity index (χ2v) is 4.97. The number of aliphatic hydroxyl groups is 1. The summed E-state index contributed by atoms with van der Waals surface area (Å²) in [6, 6.07) is 0. The summed E-state index contributed by atoms with van der Waals surface area (Å²) in [4.78, 5) is 0. The van der Waals surface area contributed by atoms with Gasteiger partial charge >= 0.3 is 0 Å². The lowest BCUT2D eigenvalue weighted by Gasteiger charge is -2.41. The fraction of sp³-hybridized carbons (Fsp3) is 1.00. The Hall–Kier alpha value is -0.0400. The highest BCUT2D eigenvalue weighted by Gasteiger charge is 2.49. The molecule has 0 spiro atoms. The Labute approximate surface area is 76.2 Å². The highest BCUT2D eigenvalue weighted by atomic mass is 16.3. The summed E-state index contributed by atoms with van der Waals surface area (Å²) in [5.74, 6) is 0.440. The molecule has 0 bridgehead atoms. The zero-order chi connectivity index (χ0) is 9.41. The molecule has 0 amide bonds. The molecule has 1 heteroatoms. The van der Waals surface area contributed by atoms with Crippen LogP contribution < -0.4 is 0 Å². The van der Waals surface area contributed by atoms with E-state index in [2.05, 4.69) is 27.7 Å². The van der Waals surface area contributed by atoms with Crippen molar-refractivity contribution in [1.29, 1.82) is 0 Å². The van der Waals surface area contributed by atoms with Crippen LogP contribution >= 0.6 is 0 Å². The van der Waals surface area contributed by atoms with Crippen molar-refractivity contribution in [2.75, 3.05) is 0 Å². The summed E-state index contributed by atoms with van der Waals surface area (Å²) in [7, 11) is 0. The van der Waals surface area contributed by atoms with Crippen LogP contribution in [0.2, 0.25) is 0 Å². The van der Waals surface area contributed by atoms with Gasteiger partial charge in [-0.15, -0.1) is 0 Å². The van der Waals surface area contributed by atoms with Crippen molar-refractivity contribution in [2.24, 2.45) is 11.3 Å². The van der Waals surface area contributed by atoms with Crippen LogP contribution in [0.25, 0.3) is 0 Å². The standard InChI is InChI=1S/C11H22O/c1-5-9(2)11(12)8-6-7-10(11,3)4/h9,12H,5-8H2,1-4H3. The van der Waals surface area contributed by atoms with Gasteiger partial charge in [-0.2, -0.15) is 0 Å². The third-order valence-corrected chi connectivity index (χ3v) is 3.96. The largest absolute Gasteiger partial charge is 0.389 e. The highest BCUT2D eigenvalue weighted by Crippen LogP contribution is 2.50. The van der Waals surface area contributed by atoms with Crippen LogP contribution in [0.3, 0.4) is 0 Å². The molecule has 2 atom stereocenters. The first-order valence-electron chi connectivity index (χ1n) is 5.16. The lowest BCUT2D eigenvalue weighted by Crippen LogP contribution is -2.45. The fourth-order valence-corrected chi connectivity index (χ4v) is 2.61. The molecule has 72 valence electrons. The fourth-order valence-electron chi connectivity index (χ4n) is 2.61. The van der Waals surface area contributed by atoms with Crippen LogP contribution in [-0.2, 0) is 0 Å². The topological polar surface area (TPSA) is 20.2 Å². The molecule has 1 saturated carbocycles. The molecule has 0 aliphatic heterocycles. The van der Waals surface area contributed by atoms with Crippen LogP contribution in [0, 0.1) is 11.3 Å². The number of rotatable bonds is 2. The Balaban J connectivity index is 2.82. The number of hydrogen-bond donors (Lipinski definition) is 1. The van der Waals surface area contributed by atoms with Gasteiger partial charge in [0.15, 0.2) is 0 Å². The Morgan fingerprint density at radius 1 is 1.33 bits per heavy atom. The smallest absolute Gasteiger partial charge is 0.0723 e. The van der Waals surface area contributed by atoms with Crippen LogP contribution in [-0.4, -0.2) is 10.7 Å². The maximum atomic E-state index is 10.5. The van der Waals surface area contributed by atoms with Crippen molar-refractivity contribution >= 4 is 0 Å². The predicted molar refractivity (Wildman–Crippen MR) is 52.0 cm³/mol. The lowest BCUT2D eigenvalue weighted by molar-refractivity contribution is -0.0863. The van der Waals surface area contributed by atoms with Crippen molar-refractivity contribution in [2.45, 2.75) is 59.0 Å². The Bertz CT molecular complexity index is 162. The van der Waals surface area contributed by atoms with Gasteiger partial charge in [-0.05, 0) is 30.6 Å². The molecule has 1 aliphatic carbocycles. The minimum atomic E-state index is -0.401. The third-order valence-electron chi connectivity index (χ3n) is 3.96. The highest BCUT2D eigenvalue weighted by molar-refractivity contribution is 5.01. The van der Waals surface area contributed by atoms with E-state index in [0.29, 0.717) is 5.92 Å². The quantitative estimate of drug-likeness (QED) is 0.675. The van der Waals surface area contributed by atoms with Gasteiger partial charge in [0.2, 0.25) is 0 Å². The van der Waals surface area contributed by atoms with Gasteiger partial charge in [0, 0.05) is 0 Å². The van der Waals surface area contributed by atoms with E-state index in [0.717, 1.165) is 12.8 Å². The summed E-state index contributed by atoms with van der Waals surface area (Å²) in [5, 5.41) is 10.5. The van der Waals surface area contributed by atoms with Gasteiger partial charge in [0.05, 0.1) is 5.60 Å². The van der Waals surface area contributed by atoms with Gasteiger partial charge in [-0.1, -0.05) is 34.1 Å². The molecule has 0 aromatic heterocycles.